The van der Waals surface area contributed by atoms with Crippen molar-refractivity contribution >= 4 is 39.8 Å². The predicted octanol–water partition coefficient (Wildman–Crippen LogP) is 1.62. The standard InChI is InChI=1S/C17H19ClN6O/c18-7-9-6-10-12-11(8-19)16(24-4-2-1-3-5-24)22-14(20)13(12)15(21)23-17(10)25-9/h9H,1-7H2,(H2,20,22)(H2,21,23)/p+1/t9-/m0/s1. The minimum absolute atomic E-state index is 0.141. The lowest BCUT2D eigenvalue weighted by Gasteiger charge is -2.29. The molecule has 2 aliphatic rings. The van der Waals surface area contributed by atoms with Crippen LogP contribution < -0.4 is 26.1 Å². The first-order chi connectivity index (χ1) is 12.1. The topological polar surface area (TPSA) is 115 Å². The Kier molecular flexibility index (Phi) is 3.92. The first kappa shape index (κ1) is 16.0. The number of halogens is 1. The van der Waals surface area contributed by atoms with Crippen molar-refractivity contribution in [1.82, 2.24) is 4.98 Å². The number of alkyl halides is 1. The van der Waals surface area contributed by atoms with E-state index in [1.165, 1.54) is 6.42 Å². The normalized spacial score (nSPS) is 19.5. The maximum absolute atomic E-state index is 9.91. The Labute approximate surface area is 150 Å². The van der Waals surface area contributed by atoms with Crippen LogP contribution in [-0.2, 0) is 6.42 Å². The molecule has 130 valence electrons. The zero-order valence-corrected chi connectivity index (χ0v) is 14.6. The summed E-state index contributed by atoms with van der Waals surface area (Å²) >= 11 is 5.97. The Hall–Kier alpha value is -2.46. The lowest BCUT2D eigenvalue weighted by atomic mass is 9.99. The molecule has 0 spiro atoms. The number of anilines is 3. The Morgan fingerprint density at radius 2 is 2.04 bits per heavy atom. The Balaban J connectivity index is 2.00. The van der Waals surface area contributed by atoms with Gasteiger partial charge < -0.3 is 15.4 Å². The van der Waals surface area contributed by atoms with Crippen LogP contribution >= 0.6 is 11.6 Å². The summed E-state index contributed by atoms with van der Waals surface area (Å²) in [5.74, 6) is 2.28. The molecule has 25 heavy (non-hydrogen) atoms. The molecule has 0 saturated carbocycles. The number of aromatic nitrogens is 2. The summed E-state index contributed by atoms with van der Waals surface area (Å²) in [5.41, 5.74) is 13.8. The third-order valence-corrected chi connectivity index (χ3v) is 5.30. The highest BCUT2D eigenvalue weighted by molar-refractivity contribution is 6.18. The maximum atomic E-state index is 9.91. The number of pyridine rings is 2. The highest BCUT2D eigenvalue weighted by atomic mass is 35.5. The molecule has 4 rings (SSSR count). The monoisotopic (exact) mass is 359 g/mol. The van der Waals surface area contributed by atoms with Crippen molar-refractivity contribution in [3.8, 4) is 11.9 Å². The van der Waals surface area contributed by atoms with Crippen LogP contribution in [0.1, 0.15) is 30.4 Å². The van der Waals surface area contributed by atoms with E-state index in [0.717, 1.165) is 36.9 Å². The average Bonchev–Trinajstić information content (AvgIpc) is 3.05. The number of aromatic amines is 1. The van der Waals surface area contributed by atoms with E-state index in [2.05, 4.69) is 20.9 Å². The van der Waals surface area contributed by atoms with E-state index in [0.29, 0.717) is 46.6 Å². The summed E-state index contributed by atoms with van der Waals surface area (Å²) in [5, 5.41) is 11.2. The second-order valence-corrected chi connectivity index (χ2v) is 6.86. The zero-order valence-electron chi connectivity index (χ0n) is 13.8. The van der Waals surface area contributed by atoms with E-state index in [4.69, 9.17) is 27.8 Å². The van der Waals surface area contributed by atoms with Gasteiger partial charge in [-0.25, -0.2) is 9.97 Å². The first-order valence-corrected chi connectivity index (χ1v) is 9.02. The van der Waals surface area contributed by atoms with E-state index in [1.54, 1.807) is 0 Å². The van der Waals surface area contributed by atoms with Gasteiger partial charge in [0.25, 0.3) is 11.7 Å². The summed E-state index contributed by atoms with van der Waals surface area (Å²) in [6.45, 7) is 1.76. The Morgan fingerprint density at radius 3 is 2.72 bits per heavy atom. The molecule has 0 unspecified atom stereocenters. The summed E-state index contributed by atoms with van der Waals surface area (Å²) in [7, 11) is 0. The molecule has 5 N–H and O–H groups in total. The highest BCUT2D eigenvalue weighted by Gasteiger charge is 2.33. The van der Waals surface area contributed by atoms with Crippen molar-refractivity contribution in [3.05, 3.63) is 11.1 Å². The van der Waals surface area contributed by atoms with Gasteiger partial charge in [-0.2, -0.15) is 5.26 Å². The Morgan fingerprint density at radius 1 is 1.28 bits per heavy atom. The van der Waals surface area contributed by atoms with Gasteiger partial charge in [0.1, 0.15) is 34.8 Å². The lowest BCUT2D eigenvalue weighted by molar-refractivity contribution is -0.375. The number of hydrogen-bond acceptors (Lipinski definition) is 6. The van der Waals surface area contributed by atoms with Crippen LogP contribution in [0.4, 0.5) is 17.5 Å². The van der Waals surface area contributed by atoms with Crippen LogP contribution in [0.25, 0.3) is 10.8 Å². The van der Waals surface area contributed by atoms with Gasteiger partial charge in [-0.05, 0) is 19.3 Å². The van der Waals surface area contributed by atoms with Crippen molar-refractivity contribution in [2.45, 2.75) is 31.8 Å². The molecule has 0 aromatic carbocycles. The summed E-state index contributed by atoms with van der Waals surface area (Å²) < 4.78 is 5.82. The van der Waals surface area contributed by atoms with Crippen LogP contribution in [0.3, 0.4) is 0 Å². The quantitative estimate of drug-likeness (QED) is 0.787. The molecule has 0 amide bonds. The molecule has 7 nitrogen and oxygen atoms in total. The van der Waals surface area contributed by atoms with Gasteiger partial charge in [-0.1, -0.05) is 0 Å². The third-order valence-electron chi connectivity index (χ3n) is 4.96. The first-order valence-electron chi connectivity index (χ1n) is 8.48. The molecule has 2 aliphatic heterocycles. The number of nitrogens with zero attached hydrogens (tertiary/aromatic N) is 3. The molecule has 0 radical (unpaired) electrons. The zero-order chi connectivity index (χ0) is 17.6. The van der Waals surface area contributed by atoms with Crippen molar-refractivity contribution in [3.63, 3.8) is 0 Å². The fraction of sp³-hybridized carbons (Fsp3) is 0.471. The fourth-order valence-electron chi connectivity index (χ4n) is 3.80. The number of piperidine rings is 1. The molecule has 1 saturated heterocycles. The summed E-state index contributed by atoms with van der Waals surface area (Å²) in [6.07, 6.45) is 3.85. The highest BCUT2D eigenvalue weighted by Crippen LogP contribution is 2.40. The van der Waals surface area contributed by atoms with E-state index >= 15 is 0 Å². The van der Waals surface area contributed by atoms with Gasteiger partial charge in [0.05, 0.1) is 11.4 Å². The molecule has 2 aromatic rings. The molecule has 0 bridgehead atoms. The Bertz CT molecular complexity index is 887. The van der Waals surface area contributed by atoms with E-state index < -0.39 is 0 Å². The number of ether oxygens (including phenoxy) is 1. The molecule has 0 aliphatic carbocycles. The number of rotatable bonds is 2. The van der Waals surface area contributed by atoms with Gasteiger partial charge in [-0.3, -0.25) is 5.73 Å². The largest absolute Gasteiger partial charge is 0.457 e. The molecule has 2 aromatic heterocycles. The van der Waals surface area contributed by atoms with Crippen molar-refractivity contribution < 1.29 is 9.72 Å². The molecule has 8 heteroatoms. The van der Waals surface area contributed by atoms with E-state index in [1.807, 2.05) is 0 Å². The number of H-pyrrole nitrogens is 1. The van der Waals surface area contributed by atoms with Crippen molar-refractivity contribution in [2.75, 3.05) is 35.3 Å². The molecular formula is C17H20ClN6O+. The van der Waals surface area contributed by atoms with E-state index in [-0.39, 0.29) is 6.10 Å². The van der Waals surface area contributed by atoms with Gasteiger partial charge in [0, 0.05) is 24.9 Å². The SMILES string of the molecule is N#Cc1c(N2CCCCC2)nc(N)c2c(N)[nH+]c3c(c12)C[C@@H](CCl)O3. The second kappa shape index (κ2) is 6.12. The van der Waals surface area contributed by atoms with Gasteiger partial charge in [0.2, 0.25) is 0 Å². The predicted molar refractivity (Wildman–Crippen MR) is 96.7 cm³/mol. The molecule has 4 heterocycles. The summed E-state index contributed by atoms with van der Waals surface area (Å²) in [6, 6.07) is 2.34. The number of hydrogen-bond donors (Lipinski definition) is 2. The number of nitrogens with one attached hydrogen (secondary N) is 1. The van der Waals surface area contributed by atoms with Crippen LogP contribution in [0, 0.1) is 11.3 Å². The third kappa shape index (κ3) is 2.48. The molecule has 1 atom stereocenters. The van der Waals surface area contributed by atoms with Crippen molar-refractivity contribution in [2.24, 2.45) is 0 Å². The number of nitrogens with two attached hydrogens (primary N) is 2. The minimum Gasteiger partial charge on any atom is -0.457 e. The number of fused-ring (bicyclic) bond motifs is 3. The van der Waals surface area contributed by atoms with Crippen LogP contribution in [0.15, 0.2) is 0 Å². The van der Waals surface area contributed by atoms with Gasteiger partial charge in [0.15, 0.2) is 0 Å². The van der Waals surface area contributed by atoms with Crippen LogP contribution in [0.5, 0.6) is 5.88 Å². The molecule has 1 fully saturated rings. The average molecular weight is 360 g/mol. The van der Waals surface area contributed by atoms with Crippen LogP contribution in [-0.4, -0.2) is 30.1 Å². The minimum atomic E-state index is -0.141. The van der Waals surface area contributed by atoms with Crippen molar-refractivity contribution in [1.29, 1.82) is 5.26 Å². The lowest BCUT2D eigenvalue weighted by Crippen LogP contribution is -2.31. The number of nitriles is 1. The number of nitrogen functional groups attached to an aromatic ring is 2. The fourth-order valence-corrected chi connectivity index (χ4v) is 3.97. The smallest absolute Gasteiger partial charge is 0.286 e. The second-order valence-electron chi connectivity index (χ2n) is 6.55. The van der Waals surface area contributed by atoms with Gasteiger partial charge in [-0.15, -0.1) is 11.6 Å². The summed E-state index contributed by atoms with van der Waals surface area (Å²) in [4.78, 5) is 9.72. The van der Waals surface area contributed by atoms with Crippen LogP contribution in [0.2, 0.25) is 0 Å². The van der Waals surface area contributed by atoms with E-state index in [9.17, 15) is 5.26 Å². The molecular weight excluding hydrogens is 340 g/mol. The van der Waals surface area contributed by atoms with Gasteiger partial charge >= 0.3 is 0 Å². The maximum Gasteiger partial charge on any atom is 0.286 e.